The third kappa shape index (κ3) is 3.82. The zero-order valence-corrected chi connectivity index (χ0v) is 14.8. The lowest BCUT2D eigenvalue weighted by Crippen LogP contribution is -2.23. The quantitative estimate of drug-likeness (QED) is 0.639. The summed E-state index contributed by atoms with van der Waals surface area (Å²) in [6.07, 6.45) is -1.31. The lowest BCUT2D eigenvalue weighted by atomic mass is 9.99. The summed E-state index contributed by atoms with van der Waals surface area (Å²) in [5, 5.41) is 3.32. The van der Waals surface area contributed by atoms with Gasteiger partial charge in [0.25, 0.3) is 0 Å². The molecule has 146 valence electrons. The average Bonchev–Trinajstić information content (AvgIpc) is 3.16. The SMILES string of the molecule is O=c1cc(OCc2ccc3c(c2)CCNC3)[nH]cc1-c1cc(C(F)(F)F)c[nH]1. The molecule has 4 rings (SSSR count). The summed E-state index contributed by atoms with van der Waals surface area (Å²) in [6.45, 7) is 2.09. The van der Waals surface area contributed by atoms with Crippen LogP contribution in [0.25, 0.3) is 11.3 Å². The van der Waals surface area contributed by atoms with Crippen LogP contribution in [0, 0.1) is 0 Å². The molecule has 0 saturated heterocycles. The van der Waals surface area contributed by atoms with E-state index in [1.165, 1.54) is 23.4 Å². The second-order valence-corrected chi connectivity index (χ2v) is 6.69. The van der Waals surface area contributed by atoms with E-state index < -0.39 is 17.2 Å². The Hall–Kier alpha value is -3.00. The van der Waals surface area contributed by atoms with Gasteiger partial charge in [0.15, 0.2) is 11.3 Å². The van der Waals surface area contributed by atoms with Gasteiger partial charge in [0.1, 0.15) is 6.61 Å². The minimum atomic E-state index is -4.46. The molecule has 0 spiro atoms. The summed E-state index contributed by atoms with van der Waals surface area (Å²) in [5.74, 6) is 0.260. The van der Waals surface area contributed by atoms with Crippen molar-refractivity contribution in [1.82, 2.24) is 15.3 Å². The molecular formula is C20H18F3N3O2. The molecule has 0 saturated carbocycles. The Morgan fingerprint density at radius 2 is 1.89 bits per heavy atom. The first-order valence-corrected chi connectivity index (χ1v) is 8.83. The number of alkyl halides is 3. The second kappa shape index (κ2) is 7.20. The van der Waals surface area contributed by atoms with Crippen molar-refractivity contribution in [3.63, 3.8) is 0 Å². The number of hydrogen-bond donors (Lipinski definition) is 3. The number of hydrogen-bond acceptors (Lipinski definition) is 3. The number of ether oxygens (including phenoxy) is 1. The van der Waals surface area contributed by atoms with Gasteiger partial charge in [0, 0.05) is 25.0 Å². The lowest BCUT2D eigenvalue weighted by molar-refractivity contribution is -0.137. The third-order valence-electron chi connectivity index (χ3n) is 4.74. The fraction of sp³-hybridized carbons (Fsp3) is 0.250. The first kappa shape index (κ1) is 18.4. The molecule has 0 bridgehead atoms. The van der Waals surface area contributed by atoms with E-state index in [0.717, 1.165) is 37.3 Å². The van der Waals surface area contributed by atoms with Gasteiger partial charge in [-0.3, -0.25) is 4.79 Å². The highest BCUT2D eigenvalue weighted by Gasteiger charge is 2.31. The molecule has 1 aliphatic heterocycles. The van der Waals surface area contributed by atoms with Crippen molar-refractivity contribution >= 4 is 0 Å². The van der Waals surface area contributed by atoms with Crippen LogP contribution < -0.4 is 15.5 Å². The number of nitrogens with one attached hydrogen (secondary N) is 3. The van der Waals surface area contributed by atoms with Gasteiger partial charge in [-0.05, 0) is 35.7 Å². The smallest absolute Gasteiger partial charge is 0.417 e. The highest BCUT2D eigenvalue weighted by molar-refractivity contribution is 5.59. The van der Waals surface area contributed by atoms with E-state index in [4.69, 9.17) is 4.74 Å². The van der Waals surface area contributed by atoms with Crippen LogP contribution in [0.5, 0.6) is 5.88 Å². The van der Waals surface area contributed by atoms with Crippen LogP contribution in [0.1, 0.15) is 22.3 Å². The maximum Gasteiger partial charge on any atom is 0.417 e. The standard InChI is InChI=1S/C20H18F3N3O2/c21-20(22,23)15-6-17(25-9-15)16-10-26-19(7-18(16)27)28-11-12-1-2-14-8-24-4-3-13(14)5-12/h1-2,5-7,9-10,24-25H,3-4,8,11H2,(H,26,27). The average molecular weight is 389 g/mol. The highest BCUT2D eigenvalue weighted by atomic mass is 19.4. The van der Waals surface area contributed by atoms with Crippen LogP contribution in [0.2, 0.25) is 0 Å². The topological polar surface area (TPSA) is 69.9 Å². The van der Waals surface area contributed by atoms with E-state index in [9.17, 15) is 18.0 Å². The molecule has 1 aliphatic rings. The van der Waals surface area contributed by atoms with E-state index in [1.807, 2.05) is 6.07 Å². The molecule has 28 heavy (non-hydrogen) atoms. The number of pyridine rings is 1. The zero-order valence-electron chi connectivity index (χ0n) is 14.8. The minimum Gasteiger partial charge on any atom is -0.474 e. The summed E-state index contributed by atoms with van der Waals surface area (Å²) in [7, 11) is 0. The van der Waals surface area contributed by atoms with Crippen LogP contribution in [0.3, 0.4) is 0 Å². The fourth-order valence-corrected chi connectivity index (χ4v) is 3.24. The zero-order chi connectivity index (χ0) is 19.7. The molecule has 3 heterocycles. The van der Waals surface area contributed by atoms with Crippen LogP contribution >= 0.6 is 0 Å². The van der Waals surface area contributed by atoms with Gasteiger partial charge in [-0.25, -0.2) is 0 Å². The number of halogens is 3. The predicted molar refractivity (Wildman–Crippen MR) is 98.0 cm³/mol. The maximum atomic E-state index is 12.7. The number of aromatic nitrogens is 2. The van der Waals surface area contributed by atoms with Crippen molar-refractivity contribution in [3.05, 3.63) is 75.2 Å². The minimum absolute atomic E-state index is 0.100. The summed E-state index contributed by atoms with van der Waals surface area (Å²) in [6, 6.07) is 8.30. The van der Waals surface area contributed by atoms with E-state index in [2.05, 4.69) is 27.4 Å². The molecular weight excluding hydrogens is 371 g/mol. The normalized spacial score (nSPS) is 14.0. The van der Waals surface area contributed by atoms with Crippen molar-refractivity contribution < 1.29 is 17.9 Å². The van der Waals surface area contributed by atoms with Crippen molar-refractivity contribution in [3.8, 4) is 17.1 Å². The van der Waals surface area contributed by atoms with Gasteiger partial charge in [0.05, 0.1) is 16.8 Å². The predicted octanol–water partition coefficient (Wildman–Crippen LogP) is 3.61. The number of fused-ring (bicyclic) bond motifs is 1. The molecule has 2 aromatic heterocycles. The van der Waals surface area contributed by atoms with Crippen LogP contribution in [0.15, 0.2) is 47.5 Å². The molecule has 1 aromatic carbocycles. The van der Waals surface area contributed by atoms with E-state index >= 15 is 0 Å². The van der Waals surface area contributed by atoms with Crippen LogP contribution in [0.4, 0.5) is 13.2 Å². The number of rotatable bonds is 4. The van der Waals surface area contributed by atoms with Crippen LogP contribution in [-0.2, 0) is 25.7 Å². The molecule has 0 radical (unpaired) electrons. The van der Waals surface area contributed by atoms with E-state index in [1.54, 1.807) is 0 Å². The third-order valence-corrected chi connectivity index (χ3v) is 4.74. The Morgan fingerprint density at radius 3 is 2.64 bits per heavy atom. The number of benzene rings is 1. The molecule has 3 aromatic rings. The lowest BCUT2D eigenvalue weighted by Gasteiger charge is -2.18. The Morgan fingerprint density at radius 1 is 1.04 bits per heavy atom. The second-order valence-electron chi connectivity index (χ2n) is 6.69. The number of aromatic amines is 2. The highest BCUT2D eigenvalue weighted by Crippen LogP contribution is 2.31. The summed E-state index contributed by atoms with van der Waals surface area (Å²) < 4.78 is 43.8. The molecule has 5 nitrogen and oxygen atoms in total. The summed E-state index contributed by atoms with van der Waals surface area (Å²) in [5.41, 5.74) is 2.51. The fourth-order valence-electron chi connectivity index (χ4n) is 3.24. The molecule has 8 heteroatoms. The number of H-pyrrole nitrogens is 2. The molecule has 0 atom stereocenters. The maximum absolute atomic E-state index is 12.7. The van der Waals surface area contributed by atoms with Gasteiger partial charge in [-0.15, -0.1) is 0 Å². The van der Waals surface area contributed by atoms with Gasteiger partial charge in [0.2, 0.25) is 0 Å². The van der Waals surface area contributed by atoms with Crippen LogP contribution in [-0.4, -0.2) is 16.5 Å². The van der Waals surface area contributed by atoms with Crippen molar-refractivity contribution in [1.29, 1.82) is 0 Å². The van der Waals surface area contributed by atoms with Gasteiger partial charge >= 0.3 is 6.18 Å². The summed E-state index contributed by atoms with van der Waals surface area (Å²) >= 11 is 0. The van der Waals surface area contributed by atoms with Crippen molar-refractivity contribution in [2.75, 3.05) is 6.54 Å². The molecule has 0 fully saturated rings. The monoisotopic (exact) mass is 389 g/mol. The largest absolute Gasteiger partial charge is 0.474 e. The van der Waals surface area contributed by atoms with Gasteiger partial charge in [-0.1, -0.05) is 18.2 Å². The Kier molecular flexibility index (Phi) is 4.72. The Balaban J connectivity index is 1.48. The molecule has 0 unspecified atom stereocenters. The first-order chi connectivity index (χ1) is 13.4. The Labute approximate surface area is 158 Å². The van der Waals surface area contributed by atoms with Gasteiger partial charge < -0.3 is 20.0 Å². The van der Waals surface area contributed by atoms with E-state index in [0.29, 0.717) is 0 Å². The molecule has 3 N–H and O–H groups in total. The Bertz CT molecular complexity index is 1050. The molecule has 0 aliphatic carbocycles. The van der Waals surface area contributed by atoms with Gasteiger partial charge in [-0.2, -0.15) is 13.2 Å². The van der Waals surface area contributed by atoms with E-state index in [-0.39, 0.29) is 23.7 Å². The molecule has 0 amide bonds. The summed E-state index contributed by atoms with van der Waals surface area (Å²) in [4.78, 5) is 17.6. The van der Waals surface area contributed by atoms with Crippen molar-refractivity contribution in [2.24, 2.45) is 0 Å². The van der Waals surface area contributed by atoms with Crippen molar-refractivity contribution in [2.45, 2.75) is 25.7 Å². The first-order valence-electron chi connectivity index (χ1n) is 8.83.